The number of nitrogens with zero attached hydrogens (tertiary/aromatic N) is 2. The number of carbonyl (C=O) groups excluding carboxylic acids is 3. The molecule has 0 aliphatic carbocycles. The number of amides is 2. The lowest BCUT2D eigenvalue weighted by molar-refractivity contribution is -0.384. The normalized spacial score (nSPS) is 15.4. The van der Waals surface area contributed by atoms with Crippen molar-refractivity contribution in [3.63, 3.8) is 0 Å². The summed E-state index contributed by atoms with van der Waals surface area (Å²) in [4.78, 5) is 48.2. The van der Waals surface area contributed by atoms with Crippen molar-refractivity contribution in [3.05, 3.63) is 75.3 Å². The van der Waals surface area contributed by atoms with Crippen molar-refractivity contribution in [1.82, 2.24) is 4.90 Å². The van der Waals surface area contributed by atoms with Crippen LogP contribution in [0.4, 0.5) is 5.69 Å². The first-order chi connectivity index (χ1) is 12.8. The van der Waals surface area contributed by atoms with E-state index in [9.17, 15) is 29.6 Å². The summed E-state index contributed by atoms with van der Waals surface area (Å²) in [5.41, 5.74) is 0.660. The van der Waals surface area contributed by atoms with Gasteiger partial charge in [0.15, 0.2) is 0 Å². The van der Waals surface area contributed by atoms with Crippen LogP contribution in [0.2, 0.25) is 0 Å². The summed E-state index contributed by atoms with van der Waals surface area (Å²) in [5, 5.41) is 21.3. The van der Waals surface area contributed by atoms with E-state index >= 15 is 0 Å². The number of aliphatic hydroxyl groups excluding tert-OH is 1. The molecule has 8 heteroatoms. The number of carbonyl (C=O) groups is 3. The number of benzene rings is 2. The van der Waals surface area contributed by atoms with Gasteiger partial charge < -0.3 is 5.11 Å². The van der Waals surface area contributed by atoms with Gasteiger partial charge in [0.1, 0.15) is 5.78 Å². The van der Waals surface area contributed by atoms with Crippen molar-refractivity contribution in [2.45, 2.75) is 13.0 Å². The van der Waals surface area contributed by atoms with Crippen molar-refractivity contribution < 1.29 is 24.4 Å². The van der Waals surface area contributed by atoms with Crippen molar-refractivity contribution in [2.24, 2.45) is 5.92 Å². The number of ketones is 1. The summed E-state index contributed by atoms with van der Waals surface area (Å²) in [6, 6.07) is 11.5. The van der Waals surface area contributed by atoms with E-state index in [1.807, 2.05) is 0 Å². The fourth-order valence-electron chi connectivity index (χ4n) is 3.08. The highest BCUT2D eigenvalue weighted by molar-refractivity contribution is 6.21. The van der Waals surface area contributed by atoms with Crippen molar-refractivity contribution in [2.75, 3.05) is 6.54 Å². The van der Waals surface area contributed by atoms with E-state index in [1.54, 1.807) is 12.1 Å². The third-order valence-electron chi connectivity index (χ3n) is 4.61. The Labute approximate surface area is 154 Å². The number of aliphatic hydroxyl groups is 1. The second-order valence-corrected chi connectivity index (χ2v) is 6.28. The number of nitro benzene ring substituents is 1. The first-order valence-electron chi connectivity index (χ1n) is 8.19. The van der Waals surface area contributed by atoms with Crippen molar-refractivity contribution >= 4 is 23.3 Å². The zero-order valence-electron chi connectivity index (χ0n) is 14.4. The third kappa shape index (κ3) is 3.34. The largest absolute Gasteiger partial charge is 0.388 e. The van der Waals surface area contributed by atoms with E-state index < -0.39 is 34.5 Å². The van der Waals surface area contributed by atoms with E-state index in [0.717, 1.165) is 4.90 Å². The molecule has 2 atom stereocenters. The van der Waals surface area contributed by atoms with Gasteiger partial charge in [-0.1, -0.05) is 12.1 Å². The number of hydrogen-bond acceptors (Lipinski definition) is 6. The van der Waals surface area contributed by atoms with Crippen LogP contribution >= 0.6 is 0 Å². The Bertz CT molecular complexity index is 902. The van der Waals surface area contributed by atoms with Crippen molar-refractivity contribution in [1.29, 1.82) is 0 Å². The minimum Gasteiger partial charge on any atom is -0.388 e. The number of fused-ring (bicyclic) bond motifs is 1. The number of Topliss-reactive ketones (excluding diaryl/α,β-unsaturated/α-hetero) is 1. The van der Waals surface area contributed by atoms with E-state index in [-0.39, 0.29) is 28.9 Å². The smallest absolute Gasteiger partial charge is 0.269 e. The van der Waals surface area contributed by atoms with Gasteiger partial charge in [-0.15, -0.1) is 0 Å². The number of nitro groups is 1. The minimum absolute atomic E-state index is 0.148. The fourth-order valence-corrected chi connectivity index (χ4v) is 3.08. The molecule has 0 radical (unpaired) electrons. The summed E-state index contributed by atoms with van der Waals surface area (Å²) in [7, 11) is 0. The Hall–Kier alpha value is -3.39. The van der Waals surface area contributed by atoms with Gasteiger partial charge >= 0.3 is 0 Å². The minimum atomic E-state index is -1.31. The molecule has 1 N–H and O–H groups in total. The summed E-state index contributed by atoms with van der Waals surface area (Å²) < 4.78 is 0. The molecule has 0 aromatic heterocycles. The lowest BCUT2D eigenvalue weighted by Crippen LogP contribution is -2.39. The van der Waals surface area contributed by atoms with Crippen LogP contribution in [-0.2, 0) is 4.79 Å². The predicted molar refractivity (Wildman–Crippen MR) is 94.0 cm³/mol. The molecule has 2 aromatic rings. The summed E-state index contributed by atoms with van der Waals surface area (Å²) >= 11 is 0. The van der Waals surface area contributed by atoms with Crippen LogP contribution in [0, 0.1) is 16.0 Å². The van der Waals surface area contributed by atoms with Crippen LogP contribution in [0.5, 0.6) is 0 Å². The average Bonchev–Trinajstić information content (AvgIpc) is 2.90. The van der Waals surface area contributed by atoms with E-state index in [1.165, 1.54) is 43.3 Å². The summed E-state index contributed by atoms with van der Waals surface area (Å²) in [6.45, 7) is 0.983. The molecule has 27 heavy (non-hydrogen) atoms. The predicted octanol–water partition coefficient (Wildman–Crippen LogP) is 2.13. The third-order valence-corrected chi connectivity index (χ3v) is 4.61. The molecule has 0 bridgehead atoms. The number of rotatable bonds is 6. The molecule has 2 aromatic carbocycles. The monoisotopic (exact) mass is 368 g/mol. The Kier molecular flexibility index (Phi) is 4.83. The van der Waals surface area contributed by atoms with Gasteiger partial charge in [0, 0.05) is 18.7 Å². The Morgan fingerprint density at radius 1 is 1.07 bits per heavy atom. The Balaban J connectivity index is 1.84. The maximum atomic E-state index is 12.5. The quantitative estimate of drug-likeness (QED) is 0.474. The highest BCUT2D eigenvalue weighted by Gasteiger charge is 2.39. The lowest BCUT2D eigenvalue weighted by Gasteiger charge is -2.25. The molecule has 138 valence electrons. The van der Waals surface area contributed by atoms with Crippen LogP contribution in [0.25, 0.3) is 0 Å². The van der Waals surface area contributed by atoms with Gasteiger partial charge in [0.2, 0.25) is 0 Å². The maximum absolute atomic E-state index is 12.5. The molecule has 1 aliphatic heterocycles. The molecule has 0 spiro atoms. The van der Waals surface area contributed by atoms with Gasteiger partial charge in [-0.05, 0) is 36.8 Å². The standard InChI is InChI=1S/C19H16N2O6/c1-11(22)16(17(23)12-6-8-13(9-7-12)21(26)27)10-20-18(24)14-4-2-3-5-15(14)19(20)25/h2-9,16-17,23H,10H2,1H3/t16-,17+/m0/s1. The molecule has 0 saturated heterocycles. The zero-order chi connectivity index (χ0) is 19.7. The van der Waals surface area contributed by atoms with Gasteiger partial charge in [-0.25, -0.2) is 0 Å². The molecule has 0 saturated carbocycles. The molecule has 1 aliphatic rings. The fraction of sp³-hybridized carbons (Fsp3) is 0.211. The van der Waals surface area contributed by atoms with E-state index in [0.29, 0.717) is 0 Å². The van der Waals surface area contributed by atoms with Crippen LogP contribution in [0.15, 0.2) is 48.5 Å². The van der Waals surface area contributed by atoms with Crippen LogP contribution < -0.4 is 0 Å². The Morgan fingerprint density at radius 3 is 2.04 bits per heavy atom. The van der Waals surface area contributed by atoms with Crippen LogP contribution in [-0.4, -0.2) is 39.1 Å². The van der Waals surface area contributed by atoms with Gasteiger partial charge in [-0.3, -0.25) is 29.4 Å². The first-order valence-corrected chi connectivity index (χ1v) is 8.19. The molecular weight excluding hydrogens is 352 g/mol. The highest BCUT2D eigenvalue weighted by atomic mass is 16.6. The van der Waals surface area contributed by atoms with Gasteiger partial charge in [0.25, 0.3) is 17.5 Å². The zero-order valence-corrected chi connectivity index (χ0v) is 14.4. The first kappa shape index (κ1) is 18.4. The van der Waals surface area contributed by atoms with Gasteiger partial charge in [0.05, 0.1) is 28.1 Å². The molecule has 0 fully saturated rings. The molecule has 8 nitrogen and oxygen atoms in total. The second kappa shape index (κ2) is 7.08. The molecule has 0 unspecified atom stereocenters. The molecule has 1 heterocycles. The van der Waals surface area contributed by atoms with Crippen LogP contribution in [0.3, 0.4) is 0 Å². The highest BCUT2D eigenvalue weighted by Crippen LogP contribution is 2.29. The topological polar surface area (TPSA) is 118 Å². The van der Waals surface area contributed by atoms with Crippen molar-refractivity contribution in [3.8, 4) is 0 Å². The maximum Gasteiger partial charge on any atom is 0.269 e. The molecule has 2 amide bonds. The SMILES string of the molecule is CC(=O)[C@H](CN1C(=O)c2ccccc2C1=O)[C@H](O)c1ccc([N+](=O)[O-])cc1. The lowest BCUT2D eigenvalue weighted by atomic mass is 9.92. The average molecular weight is 368 g/mol. The number of hydrogen-bond donors (Lipinski definition) is 1. The van der Waals surface area contributed by atoms with E-state index in [4.69, 9.17) is 0 Å². The number of non-ortho nitro benzene ring substituents is 1. The molecule has 3 rings (SSSR count). The van der Waals surface area contributed by atoms with Crippen LogP contribution in [0.1, 0.15) is 39.3 Å². The second-order valence-electron chi connectivity index (χ2n) is 6.28. The Morgan fingerprint density at radius 2 is 1.59 bits per heavy atom. The summed E-state index contributed by atoms with van der Waals surface area (Å²) in [5.74, 6) is -2.48. The molecular formula is C19H16N2O6. The van der Waals surface area contributed by atoms with Gasteiger partial charge in [-0.2, -0.15) is 0 Å². The number of imide groups is 1. The summed E-state index contributed by atoms with van der Waals surface area (Å²) in [6.07, 6.45) is -1.31. The van der Waals surface area contributed by atoms with E-state index in [2.05, 4.69) is 0 Å².